The smallest absolute Gasteiger partial charge is 0.251 e. The van der Waals surface area contributed by atoms with E-state index in [1.54, 1.807) is 0 Å². The summed E-state index contributed by atoms with van der Waals surface area (Å²) in [4.78, 5) is 34.3. The number of hydrogen-bond acceptors (Lipinski definition) is 8. The van der Waals surface area contributed by atoms with Crippen molar-refractivity contribution in [2.75, 3.05) is 38.0 Å². The lowest BCUT2D eigenvalue weighted by molar-refractivity contribution is -0.117. The van der Waals surface area contributed by atoms with Gasteiger partial charge in [-0.15, -0.1) is 11.3 Å². The number of primary amides is 1. The molecule has 1 fully saturated rings. The summed E-state index contributed by atoms with van der Waals surface area (Å²) < 4.78 is 5.15. The Hall–Kier alpha value is -2.30. The van der Waals surface area contributed by atoms with Crippen molar-refractivity contribution >= 4 is 28.2 Å². The molecule has 1 saturated heterocycles. The monoisotopic (exact) mass is 418 g/mol. The third-order valence-corrected chi connectivity index (χ3v) is 6.64. The molecule has 9 nitrogen and oxygen atoms in total. The van der Waals surface area contributed by atoms with Gasteiger partial charge in [0.25, 0.3) is 5.91 Å². The van der Waals surface area contributed by atoms with Crippen molar-refractivity contribution in [1.82, 2.24) is 19.9 Å². The van der Waals surface area contributed by atoms with Crippen LogP contribution in [0, 0.1) is 0 Å². The summed E-state index contributed by atoms with van der Waals surface area (Å²) in [6.07, 6.45) is 3.60. The molecule has 3 N–H and O–H groups in total. The van der Waals surface area contributed by atoms with E-state index >= 15 is 0 Å². The maximum Gasteiger partial charge on any atom is 0.251 e. The van der Waals surface area contributed by atoms with Crippen molar-refractivity contribution in [2.24, 2.45) is 5.73 Å². The molecule has 4 rings (SSSR count). The molecule has 0 aromatic carbocycles. The fourth-order valence-corrected chi connectivity index (χ4v) is 5.24. The van der Waals surface area contributed by atoms with Gasteiger partial charge in [0.2, 0.25) is 11.8 Å². The first-order valence-corrected chi connectivity index (χ1v) is 10.9. The van der Waals surface area contributed by atoms with Crippen LogP contribution in [-0.2, 0) is 30.6 Å². The minimum atomic E-state index is -0.457. The zero-order chi connectivity index (χ0) is 20.4. The molecule has 0 atom stereocenters. The lowest BCUT2D eigenvalue weighted by Gasteiger charge is -2.33. The van der Waals surface area contributed by atoms with E-state index in [9.17, 15) is 9.59 Å². The first kappa shape index (κ1) is 20.0. The van der Waals surface area contributed by atoms with E-state index in [1.807, 2.05) is 6.92 Å². The van der Waals surface area contributed by atoms with Gasteiger partial charge in [-0.3, -0.25) is 19.4 Å². The number of aromatic nitrogens is 2. The predicted molar refractivity (Wildman–Crippen MR) is 109 cm³/mol. The number of nitrogens with zero attached hydrogens (tertiary/aromatic N) is 4. The summed E-state index contributed by atoms with van der Waals surface area (Å²) in [6, 6.07) is 0. The lowest BCUT2D eigenvalue weighted by Crippen LogP contribution is -2.48. The molecule has 29 heavy (non-hydrogen) atoms. The number of hydrogen-bond donors (Lipinski definition) is 2. The summed E-state index contributed by atoms with van der Waals surface area (Å²) in [5.74, 6) is 0.801. The van der Waals surface area contributed by atoms with Gasteiger partial charge in [0.05, 0.1) is 18.7 Å². The van der Waals surface area contributed by atoms with Crippen molar-refractivity contribution < 1.29 is 14.1 Å². The number of rotatable bonds is 7. The van der Waals surface area contributed by atoms with Crippen molar-refractivity contribution in [2.45, 2.75) is 39.2 Å². The van der Waals surface area contributed by atoms with Gasteiger partial charge >= 0.3 is 0 Å². The van der Waals surface area contributed by atoms with Crippen LogP contribution in [0.25, 0.3) is 0 Å². The van der Waals surface area contributed by atoms with Crippen LogP contribution in [0.2, 0.25) is 0 Å². The molecule has 156 valence electrons. The Balaban J connectivity index is 1.28. The summed E-state index contributed by atoms with van der Waals surface area (Å²) in [5, 5.41) is 7.52. The minimum absolute atomic E-state index is 0.105. The van der Waals surface area contributed by atoms with Crippen LogP contribution in [0.15, 0.2) is 4.52 Å². The quantitative estimate of drug-likeness (QED) is 0.690. The Morgan fingerprint density at radius 2 is 1.97 bits per heavy atom. The molecule has 2 amide bonds. The van der Waals surface area contributed by atoms with Crippen LogP contribution < -0.4 is 11.1 Å². The third kappa shape index (κ3) is 4.49. The van der Waals surface area contributed by atoms with Gasteiger partial charge < -0.3 is 15.6 Å². The first-order valence-electron chi connectivity index (χ1n) is 10.0. The summed E-state index contributed by atoms with van der Waals surface area (Å²) in [6.45, 7) is 6.19. The largest absolute Gasteiger partial charge is 0.365 e. The van der Waals surface area contributed by atoms with Crippen LogP contribution in [0.3, 0.4) is 0 Å². The lowest BCUT2D eigenvalue weighted by atomic mass is 10.1. The number of amides is 2. The molecular weight excluding hydrogens is 392 g/mol. The van der Waals surface area contributed by atoms with Gasteiger partial charge in [0, 0.05) is 37.5 Å². The zero-order valence-electron chi connectivity index (χ0n) is 16.6. The molecule has 0 spiro atoms. The number of nitrogens with two attached hydrogens (primary N) is 1. The number of thiophene rings is 1. The van der Waals surface area contributed by atoms with E-state index in [0.29, 0.717) is 35.4 Å². The third-order valence-electron chi connectivity index (χ3n) is 5.43. The van der Waals surface area contributed by atoms with Gasteiger partial charge in [-0.2, -0.15) is 4.98 Å². The molecule has 1 aliphatic heterocycles. The van der Waals surface area contributed by atoms with Crippen LogP contribution >= 0.6 is 11.3 Å². The summed E-state index contributed by atoms with van der Waals surface area (Å²) >= 11 is 1.49. The molecule has 2 aromatic rings. The fraction of sp³-hybridized carbons (Fsp3) is 0.579. The summed E-state index contributed by atoms with van der Waals surface area (Å²) in [5.41, 5.74) is 7.10. The van der Waals surface area contributed by atoms with E-state index in [0.717, 1.165) is 57.4 Å². The second-order valence-corrected chi connectivity index (χ2v) is 8.59. The summed E-state index contributed by atoms with van der Waals surface area (Å²) in [7, 11) is 0. The van der Waals surface area contributed by atoms with Crippen LogP contribution in [0.5, 0.6) is 0 Å². The standard InChI is InChI=1S/C19H26N6O3S/c1-2-16-21-14(23-28-16)10-24-6-8-25(9-7-24)11-15(26)22-19-17(18(20)27)12-4-3-5-13(12)29-19/h2-11H2,1H3,(H2,20,27)(H,22,26). The molecular formula is C19H26N6O3S. The van der Waals surface area contributed by atoms with Crippen molar-refractivity contribution in [3.8, 4) is 0 Å². The van der Waals surface area contributed by atoms with Gasteiger partial charge in [-0.25, -0.2) is 0 Å². The highest BCUT2D eigenvalue weighted by Gasteiger charge is 2.27. The number of carbonyl (C=O) groups excluding carboxylic acids is 2. The van der Waals surface area contributed by atoms with Crippen LogP contribution in [0.1, 0.15) is 45.9 Å². The number of aryl methyl sites for hydroxylation is 2. The Bertz CT molecular complexity index is 900. The van der Waals surface area contributed by atoms with Crippen LogP contribution in [-0.4, -0.2) is 64.5 Å². The molecule has 1 aliphatic carbocycles. The Morgan fingerprint density at radius 3 is 2.66 bits per heavy atom. The van der Waals surface area contributed by atoms with Crippen molar-refractivity contribution in [3.05, 3.63) is 27.7 Å². The molecule has 0 unspecified atom stereocenters. The second-order valence-electron chi connectivity index (χ2n) is 7.48. The van der Waals surface area contributed by atoms with E-state index in [-0.39, 0.29) is 5.91 Å². The molecule has 3 heterocycles. The van der Waals surface area contributed by atoms with E-state index in [4.69, 9.17) is 10.3 Å². The highest BCUT2D eigenvalue weighted by molar-refractivity contribution is 7.17. The predicted octanol–water partition coefficient (Wildman–Crippen LogP) is 1.04. The highest BCUT2D eigenvalue weighted by atomic mass is 32.1. The topological polar surface area (TPSA) is 118 Å². The van der Waals surface area contributed by atoms with E-state index in [2.05, 4.69) is 25.3 Å². The first-order chi connectivity index (χ1) is 14.0. The van der Waals surface area contributed by atoms with Gasteiger partial charge in [-0.1, -0.05) is 12.1 Å². The van der Waals surface area contributed by atoms with E-state index < -0.39 is 5.91 Å². The second kappa shape index (κ2) is 8.60. The Morgan fingerprint density at radius 1 is 1.21 bits per heavy atom. The molecule has 10 heteroatoms. The van der Waals surface area contributed by atoms with E-state index in [1.165, 1.54) is 16.2 Å². The zero-order valence-corrected chi connectivity index (χ0v) is 17.4. The van der Waals surface area contributed by atoms with Crippen LogP contribution in [0.4, 0.5) is 5.00 Å². The fourth-order valence-electron chi connectivity index (χ4n) is 3.93. The minimum Gasteiger partial charge on any atom is -0.365 e. The van der Waals surface area contributed by atoms with Gasteiger partial charge in [0.1, 0.15) is 5.00 Å². The average Bonchev–Trinajstić information content (AvgIpc) is 3.39. The number of piperazine rings is 1. The molecule has 0 bridgehead atoms. The van der Waals surface area contributed by atoms with Crippen molar-refractivity contribution in [1.29, 1.82) is 0 Å². The molecule has 2 aliphatic rings. The Kier molecular flexibility index (Phi) is 5.93. The average molecular weight is 419 g/mol. The molecule has 0 saturated carbocycles. The number of anilines is 1. The van der Waals surface area contributed by atoms with Crippen molar-refractivity contribution in [3.63, 3.8) is 0 Å². The van der Waals surface area contributed by atoms with Gasteiger partial charge in [0.15, 0.2) is 5.82 Å². The maximum absolute atomic E-state index is 12.5. The maximum atomic E-state index is 12.5. The molecule has 2 aromatic heterocycles. The number of nitrogens with one attached hydrogen (secondary N) is 1. The Labute approximate surface area is 173 Å². The number of carbonyl (C=O) groups is 2. The SMILES string of the molecule is CCc1nc(CN2CCN(CC(=O)Nc3sc4c(c3C(N)=O)CCC4)CC2)no1. The van der Waals surface area contributed by atoms with Gasteiger partial charge in [-0.05, 0) is 24.8 Å². The number of fused-ring (bicyclic) bond motifs is 1. The normalized spacial score (nSPS) is 17.4. The highest BCUT2D eigenvalue weighted by Crippen LogP contribution is 2.38. The molecule has 0 radical (unpaired) electrons.